The van der Waals surface area contributed by atoms with Gasteiger partial charge in [-0.2, -0.15) is 0 Å². The van der Waals surface area contributed by atoms with Gasteiger partial charge in [0.1, 0.15) is 23.0 Å². The molecule has 4 aromatic carbocycles. The predicted molar refractivity (Wildman–Crippen MR) is 620 cm³/mol. The molecule has 16 rings (SSSR count). The minimum Gasteiger partial charge on any atom is -0.497 e. The average molecular weight is 2000 g/mol. The second-order valence-corrected chi connectivity index (χ2v) is 48.7. The molecule has 8 heteroatoms. The molecule has 0 spiro atoms. The molecule has 144 heavy (non-hydrogen) atoms. The van der Waals surface area contributed by atoms with E-state index < -0.39 is 0 Å². The van der Waals surface area contributed by atoms with Crippen LogP contribution in [-0.2, 0) is 18.9 Å². The third-order valence-corrected chi connectivity index (χ3v) is 39.4. The van der Waals surface area contributed by atoms with Crippen LogP contribution in [0.5, 0.6) is 23.0 Å². The van der Waals surface area contributed by atoms with Gasteiger partial charge in [-0.05, 0) is 474 Å². The molecule has 12 aliphatic rings. The summed E-state index contributed by atoms with van der Waals surface area (Å²) in [5.41, 5.74) is 6.01. The number of rotatable bonds is 40. The fourth-order valence-electron chi connectivity index (χ4n) is 29.7. The van der Waals surface area contributed by atoms with Gasteiger partial charge in [-0.25, -0.2) is 0 Å². The molecule has 12 fully saturated rings. The Hall–Kier alpha value is -4.08. The summed E-state index contributed by atoms with van der Waals surface area (Å²) in [6, 6.07) is 34.7. The zero-order valence-electron chi connectivity index (χ0n) is 97.3. The Morgan fingerprint density at radius 3 is 0.507 bits per heavy atom. The zero-order valence-corrected chi connectivity index (χ0v) is 97.3. The van der Waals surface area contributed by atoms with E-state index in [4.69, 9.17) is 37.9 Å². The molecule has 4 aromatic rings. The molecule has 824 valence electrons. The second-order valence-electron chi connectivity index (χ2n) is 48.7. The van der Waals surface area contributed by atoms with Crippen molar-refractivity contribution in [2.45, 2.75) is 568 Å². The van der Waals surface area contributed by atoms with Gasteiger partial charge in [0, 0.05) is 26.4 Å². The summed E-state index contributed by atoms with van der Waals surface area (Å²) < 4.78 is 43.9. The molecule has 12 aliphatic carbocycles. The molecular formula is C136H232O8. The van der Waals surface area contributed by atoms with E-state index in [-0.39, 0.29) is 0 Å². The van der Waals surface area contributed by atoms with Crippen molar-refractivity contribution in [2.75, 3.05) is 54.9 Å². The monoisotopic (exact) mass is 1990 g/mol. The van der Waals surface area contributed by atoms with Crippen LogP contribution in [0.3, 0.4) is 0 Å². The lowest BCUT2D eigenvalue weighted by atomic mass is 9.70. The van der Waals surface area contributed by atoms with Crippen molar-refractivity contribution < 1.29 is 37.9 Å². The topological polar surface area (TPSA) is 73.8 Å². The minimum atomic E-state index is 0.585. The first-order valence-corrected chi connectivity index (χ1v) is 63.7. The first-order chi connectivity index (χ1) is 70.6. The number of hydrogen-bond acceptors (Lipinski definition) is 8. The van der Waals surface area contributed by atoms with Crippen molar-refractivity contribution in [3.05, 3.63) is 119 Å². The number of methoxy groups -OCH3 is 4. The van der Waals surface area contributed by atoms with Gasteiger partial charge in [-0.15, -0.1) is 0 Å². The van der Waals surface area contributed by atoms with Gasteiger partial charge < -0.3 is 37.9 Å². The largest absolute Gasteiger partial charge is 0.497 e. The van der Waals surface area contributed by atoms with Crippen molar-refractivity contribution >= 4 is 0 Å². The molecule has 0 aliphatic heterocycles. The molecule has 8 nitrogen and oxygen atoms in total. The van der Waals surface area contributed by atoms with Gasteiger partial charge >= 0.3 is 0 Å². The molecule has 0 heterocycles. The van der Waals surface area contributed by atoms with Crippen LogP contribution in [0.1, 0.15) is 566 Å². The van der Waals surface area contributed by atoms with Crippen molar-refractivity contribution in [1.29, 1.82) is 0 Å². The Labute approximate surface area is 891 Å². The van der Waals surface area contributed by atoms with Crippen molar-refractivity contribution in [2.24, 2.45) is 94.7 Å². The van der Waals surface area contributed by atoms with E-state index in [0.717, 1.165) is 168 Å². The van der Waals surface area contributed by atoms with Crippen molar-refractivity contribution in [3.63, 3.8) is 0 Å². The van der Waals surface area contributed by atoms with Gasteiger partial charge in [0.05, 0.1) is 52.9 Å². The highest BCUT2D eigenvalue weighted by Crippen LogP contribution is 2.49. The van der Waals surface area contributed by atoms with E-state index in [1.807, 2.05) is 0 Å². The highest BCUT2D eigenvalue weighted by atomic mass is 16.5. The third kappa shape index (κ3) is 46.5. The molecular weight excluding hydrogens is 1760 g/mol. The maximum atomic E-state index is 5.79. The van der Waals surface area contributed by atoms with Crippen LogP contribution in [0.2, 0.25) is 0 Å². The quantitative estimate of drug-likeness (QED) is 0.0408. The molecule has 0 amide bonds. The number of benzene rings is 4. The number of ether oxygens (including phenoxy) is 8. The Balaban J connectivity index is 0.000000183. The van der Waals surface area contributed by atoms with Gasteiger partial charge in [-0.1, -0.05) is 284 Å². The molecule has 0 aromatic heterocycles. The normalized spacial score (nSPS) is 30.8. The standard InChI is InChI=1S/C19H36O.C18H28O.C18H34O.C17H26O.C17H32O.C16H24O.C16H30O.C15H22O/c1-3-5-6-7-16-8-10-17(11-9-16)18-12-14-19(15-13-18)20-4-2;1-3-4-5-6-15-7-9-16(10-8-15)17-11-13-18(19-2)14-12-17;1-3-5-6-15-7-9-16(10-8-15)17-11-13-18(14-12-17)19-4-2;1-3-4-5-14-6-8-15(9-7-14)16-10-12-17(18-2)13-11-16;1-3-5-14-6-8-15(9-7-14)16-10-12-17(13-11-16)18-4-2;1-3-4-13-5-7-14(8-6-13)15-9-11-16(17-2)12-10-15;1-3-13-5-7-14(8-6-13)15-9-11-16(12-10-15)17-4-2;1-3-12-4-6-13(7-5-12)14-8-10-15(16-2)11-9-14/h16-19H,3-15H2,1-2H3;11-16H,3-10H2,1-2H3;15-18H,3-14H2,1-2H3;10-15H,3-9H2,1-2H3;14-17H,3-13H2,1-2H3;9-14H,3-8H2,1-2H3;13-16H,3-12H2,1-2H3;8-13H,3-7H2,1-2H3. The fraction of sp³-hybridized carbons (Fsp3) is 0.824. The summed E-state index contributed by atoms with van der Waals surface area (Å²) >= 11 is 0. The van der Waals surface area contributed by atoms with E-state index in [9.17, 15) is 0 Å². The lowest BCUT2D eigenvalue weighted by molar-refractivity contribution is 0.0133. The summed E-state index contributed by atoms with van der Waals surface area (Å²) in [5.74, 6) is 23.6. The van der Waals surface area contributed by atoms with E-state index >= 15 is 0 Å². The Kier molecular flexibility index (Phi) is 64.1. The minimum absolute atomic E-state index is 0.585. The molecule has 12 saturated carbocycles. The maximum Gasteiger partial charge on any atom is 0.118 e. The molecule has 0 radical (unpaired) electrons. The van der Waals surface area contributed by atoms with Gasteiger partial charge in [0.25, 0.3) is 0 Å². The zero-order chi connectivity index (χ0) is 102. The lowest BCUT2D eigenvalue weighted by Gasteiger charge is -2.37. The lowest BCUT2D eigenvalue weighted by Crippen LogP contribution is -2.28. The van der Waals surface area contributed by atoms with Crippen LogP contribution < -0.4 is 18.9 Å². The highest BCUT2D eigenvalue weighted by molar-refractivity contribution is 5.33. The number of hydrogen-bond donors (Lipinski definition) is 0. The third-order valence-electron chi connectivity index (χ3n) is 39.4. The second kappa shape index (κ2) is 74.8. The van der Waals surface area contributed by atoms with Crippen LogP contribution in [0, 0.1) is 94.7 Å². The summed E-state index contributed by atoms with van der Waals surface area (Å²) in [7, 11) is 6.91. The number of unbranched alkanes of at least 4 members (excludes halogenated alkanes) is 6. The Bertz CT molecular complexity index is 3570. The fourth-order valence-corrected chi connectivity index (χ4v) is 29.7. The van der Waals surface area contributed by atoms with Crippen molar-refractivity contribution in [3.8, 4) is 23.0 Å². The van der Waals surface area contributed by atoms with E-state index in [2.05, 4.69) is 180 Å². The van der Waals surface area contributed by atoms with Crippen LogP contribution in [-0.4, -0.2) is 79.3 Å². The first kappa shape index (κ1) is 123. The molecule has 0 N–H and O–H groups in total. The predicted octanol–water partition coefficient (Wildman–Crippen LogP) is 41.4. The van der Waals surface area contributed by atoms with E-state index in [1.165, 1.54) is 459 Å². The van der Waals surface area contributed by atoms with Crippen LogP contribution >= 0.6 is 0 Å². The van der Waals surface area contributed by atoms with Gasteiger partial charge in [0.15, 0.2) is 0 Å². The van der Waals surface area contributed by atoms with E-state index in [0.29, 0.717) is 24.4 Å². The highest BCUT2D eigenvalue weighted by Gasteiger charge is 2.37. The SMILES string of the molecule is CCC1CCC(c2ccc(OC)cc2)CC1.CCCC1CCC(C2CCC(OCC)CC2)CC1.CCCC1CCC(c2ccc(OC)cc2)CC1.CCCCC1CCC(C2CCC(OCC)CC2)CC1.CCCCC1CCC(c2ccc(OC)cc2)CC1.CCCCCC1CCC(C2CCC(OCC)CC2)CC1.CCCCCC1CCC(c2ccc(OC)cc2)CC1.CCOC1CCC(C2CCC(CC)CC2)CC1. The molecule has 0 bridgehead atoms. The first-order valence-electron chi connectivity index (χ1n) is 63.7. The molecule has 0 saturated heterocycles. The molecule has 0 unspecified atom stereocenters. The summed E-state index contributed by atoms with van der Waals surface area (Å²) in [5, 5.41) is 0. The average Bonchev–Trinajstić information content (AvgIpc) is 0.907. The van der Waals surface area contributed by atoms with E-state index in [1.54, 1.807) is 28.4 Å². The van der Waals surface area contributed by atoms with Crippen molar-refractivity contribution in [1.82, 2.24) is 0 Å². The molecule has 0 atom stereocenters. The van der Waals surface area contributed by atoms with Crippen LogP contribution in [0.15, 0.2) is 97.1 Å². The summed E-state index contributed by atoms with van der Waals surface area (Å²) in [4.78, 5) is 0. The Morgan fingerprint density at radius 2 is 0.333 bits per heavy atom. The van der Waals surface area contributed by atoms with Gasteiger partial charge in [-0.3, -0.25) is 0 Å². The van der Waals surface area contributed by atoms with Crippen LogP contribution in [0.25, 0.3) is 0 Å². The summed E-state index contributed by atoms with van der Waals surface area (Å²) in [6.07, 6.45) is 99.6. The van der Waals surface area contributed by atoms with Crippen LogP contribution in [0.4, 0.5) is 0 Å². The Morgan fingerprint density at radius 1 is 0.167 bits per heavy atom. The summed E-state index contributed by atoms with van der Waals surface area (Å²) in [6.45, 7) is 30.6. The maximum absolute atomic E-state index is 5.79. The smallest absolute Gasteiger partial charge is 0.118 e. The van der Waals surface area contributed by atoms with Gasteiger partial charge in [0.2, 0.25) is 0 Å².